The van der Waals surface area contributed by atoms with Crippen LogP contribution in [0.15, 0.2) is 48.5 Å². The molecular weight excluding hydrogens is 453 g/mol. The van der Waals surface area contributed by atoms with Crippen LogP contribution in [0.25, 0.3) is 0 Å². The summed E-state index contributed by atoms with van der Waals surface area (Å²) in [5.74, 6) is 1.26. The van der Waals surface area contributed by atoms with Crippen LogP contribution in [0.3, 0.4) is 0 Å². The number of aromatic nitrogens is 2. The van der Waals surface area contributed by atoms with Crippen molar-refractivity contribution in [2.24, 2.45) is 0 Å². The van der Waals surface area contributed by atoms with Crippen LogP contribution in [0.2, 0.25) is 0 Å². The number of rotatable bonds is 5. The Morgan fingerprint density at radius 2 is 1.94 bits per heavy atom. The highest BCUT2D eigenvalue weighted by Crippen LogP contribution is 2.45. The minimum absolute atomic E-state index is 0.0732. The molecule has 0 saturated heterocycles. The van der Waals surface area contributed by atoms with Crippen LogP contribution < -0.4 is 24.8 Å². The number of hydrogen-bond acceptors (Lipinski definition) is 6. The molecular formula is C23H21F3N4O4. The maximum Gasteiger partial charge on any atom is 0.410 e. The molecule has 0 fully saturated rings. The molecule has 5 rings (SSSR count). The van der Waals surface area contributed by atoms with Crippen molar-refractivity contribution in [3.8, 4) is 17.2 Å². The molecule has 2 aromatic carbocycles. The van der Waals surface area contributed by atoms with Crippen molar-refractivity contribution < 1.29 is 32.2 Å². The standard InChI is InChI=1S/C23H21F3N4O4/c1-32-15-5-2-13(3-6-15)11-27-22(31)17-10-21-28-16(9-20(23(24,25)26)30(21)29-17)14-4-7-18-19(8-14)34-12-33-18/h2-8,10,16,20,28H,9,11-12H2,1H3,(H,27,31)/t16-,20-/m0/s1. The van der Waals surface area contributed by atoms with Gasteiger partial charge in [-0.05, 0) is 35.4 Å². The molecule has 0 unspecified atom stereocenters. The number of methoxy groups -OCH3 is 1. The van der Waals surface area contributed by atoms with Gasteiger partial charge in [0.25, 0.3) is 5.91 Å². The molecule has 3 aromatic rings. The Hall–Kier alpha value is -3.89. The van der Waals surface area contributed by atoms with Crippen LogP contribution >= 0.6 is 0 Å². The zero-order valence-electron chi connectivity index (χ0n) is 18.1. The highest BCUT2D eigenvalue weighted by molar-refractivity contribution is 5.93. The van der Waals surface area contributed by atoms with E-state index in [1.54, 1.807) is 49.6 Å². The molecule has 1 aromatic heterocycles. The number of amides is 1. The second-order valence-electron chi connectivity index (χ2n) is 7.99. The summed E-state index contributed by atoms with van der Waals surface area (Å²) >= 11 is 0. The van der Waals surface area contributed by atoms with Crippen LogP contribution in [-0.2, 0) is 6.54 Å². The van der Waals surface area contributed by atoms with Gasteiger partial charge in [0.15, 0.2) is 23.2 Å². The maximum atomic E-state index is 13.9. The Morgan fingerprint density at radius 1 is 1.18 bits per heavy atom. The quantitative estimate of drug-likeness (QED) is 0.576. The summed E-state index contributed by atoms with van der Waals surface area (Å²) in [7, 11) is 1.55. The van der Waals surface area contributed by atoms with Gasteiger partial charge in [-0.2, -0.15) is 18.3 Å². The zero-order chi connectivity index (χ0) is 23.9. The number of fused-ring (bicyclic) bond motifs is 2. The van der Waals surface area contributed by atoms with Gasteiger partial charge in [-0.15, -0.1) is 0 Å². The number of nitrogens with one attached hydrogen (secondary N) is 2. The lowest BCUT2D eigenvalue weighted by atomic mass is 9.96. The van der Waals surface area contributed by atoms with Gasteiger partial charge in [0.2, 0.25) is 6.79 Å². The molecule has 3 heterocycles. The average molecular weight is 474 g/mol. The molecule has 2 aliphatic rings. The van der Waals surface area contributed by atoms with E-state index >= 15 is 0 Å². The smallest absolute Gasteiger partial charge is 0.410 e. The SMILES string of the molecule is COc1ccc(CNC(=O)c2cc3n(n2)[C@H](C(F)(F)F)C[C@@H](c2ccc4c(c2)OCO4)N3)cc1. The van der Waals surface area contributed by atoms with Gasteiger partial charge in [-0.25, -0.2) is 4.68 Å². The number of anilines is 1. The van der Waals surface area contributed by atoms with Gasteiger partial charge in [-0.1, -0.05) is 18.2 Å². The lowest BCUT2D eigenvalue weighted by molar-refractivity contribution is -0.173. The van der Waals surface area contributed by atoms with Gasteiger partial charge >= 0.3 is 6.18 Å². The fourth-order valence-electron chi connectivity index (χ4n) is 4.05. The highest BCUT2D eigenvalue weighted by atomic mass is 19.4. The summed E-state index contributed by atoms with van der Waals surface area (Å²) in [5.41, 5.74) is 1.33. The third kappa shape index (κ3) is 4.20. The van der Waals surface area contributed by atoms with E-state index in [0.717, 1.165) is 10.2 Å². The molecule has 1 amide bonds. The second-order valence-corrected chi connectivity index (χ2v) is 7.99. The van der Waals surface area contributed by atoms with Crippen molar-refractivity contribution in [2.45, 2.75) is 31.2 Å². The molecule has 0 aliphatic carbocycles. The first-order valence-electron chi connectivity index (χ1n) is 10.6. The largest absolute Gasteiger partial charge is 0.497 e. The Kier molecular flexibility index (Phi) is 5.46. The normalized spacial score (nSPS) is 18.7. The van der Waals surface area contributed by atoms with Crippen molar-refractivity contribution in [1.29, 1.82) is 0 Å². The maximum absolute atomic E-state index is 13.9. The third-order valence-corrected chi connectivity index (χ3v) is 5.83. The molecule has 2 atom stereocenters. The fourth-order valence-corrected chi connectivity index (χ4v) is 4.05. The topological polar surface area (TPSA) is 86.6 Å². The Balaban J connectivity index is 1.36. The highest BCUT2D eigenvalue weighted by Gasteiger charge is 2.47. The first-order valence-corrected chi connectivity index (χ1v) is 10.6. The first-order chi connectivity index (χ1) is 16.3. The fraction of sp³-hybridized carbons (Fsp3) is 0.304. The minimum atomic E-state index is -4.55. The number of alkyl halides is 3. The summed E-state index contributed by atoms with van der Waals surface area (Å²) in [4.78, 5) is 12.6. The van der Waals surface area contributed by atoms with E-state index in [2.05, 4.69) is 15.7 Å². The summed E-state index contributed by atoms with van der Waals surface area (Å²) in [5, 5.41) is 9.75. The minimum Gasteiger partial charge on any atom is -0.497 e. The lowest BCUT2D eigenvalue weighted by Crippen LogP contribution is -2.35. The lowest BCUT2D eigenvalue weighted by Gasteiger charge is -2.33. The Labute approximate surface area is 192 Å². The first kappa shape index (κ1) is 21.9. The van der Waals surface area contributed by atoms with Crippen LogP contribution in [0, 0.1) is 0 Å². The van der Waals surface area contributed by atoms with Crippen molar-refractivity contribution in [3.63, 3.8) is 0 Å². The predicted molar refractivity (Wildman–Crippen MR) is 115 cm³/mol. The monoisotopic (exact) mass is 474 g/mol. The molecule has 0 spiro atoms. The van der Waals surface area contributed by atoms with Crippen molar-refractivity contribution in [2.75, 3.05) is 19.2 Å². The van der Waals surface area contributed by atoms with Gasteiger partial charge in [0, 0.05) is 19.0 Å². The summed E-state index contributed by atoms with van der Waals surface area (Å²) in [6.45, 7) is 0.269. The van der Waals surface area contributed by atoms with Gasteiger partial charge in [0.05, 0.1) is 13.2 Å². The van der Waals surface area contributed by atoms with Gasteiger partial charge in [-0.3, -0.25) is 4.79 Å². The van der Waals surface area contributed by atoms with E-state index < -0.39 is 24.2 Å². The Bertz CT molecular complexity index is 1210. The number of benzene rings is 2. The van der Waals surface area contributed by atoms with Crippen LogP contribution in [0.1, 0.15) is 40.1 Å². The number of nitrogens with zero attached hydrogens (tertiary/aromatic N) is 2. The molecule has 0 saturated carbocycles. The Morgan fingerprint density at radius 3 is 2.68 bits per heavy atom. The van der Waals surface area contributed by atoms with E-state index in [0.29, 0.717) is 22.8 Å². The van der Waals surface area contributed by atoms with E-state index in [9.17, 15) is 18.0 Å². The molecule has 8 nitrogen and oxygen atoms in total. The van der Waals surface area contributed by atoms with Crippen LogP contribution in [0.4, 0.5) is 19.0 Å². The summed E-state index contributed by atoms with van der Waals surface area (Å²) < 4.78 is 58.4. The number of ether oxygens (including phenoxy) is 3. The number of carbonyl (C=O) groups excluding carboxylic acids is 1. The van der Waals surface area contributed by atoms with Crippen LogP contribution in [0.5, 0.6) is 17.2 Å². The summed E-state index contributed by atoms with van der Waals surface area (Å²) in [6.07, 6.45) is -4.83. The van der Waals surface area contributed by atoms with Gasteiger partial charge in [0.1, 0.15) is 11.6 Å². The molecule has 2 N–H and O–H groups in total. The number of hydrogen-bond donors (Lipinski definition) is 2. The second kappa shape index (κ2) is 8.47. The zero-order valence-corrected chi connectivity index (χ0v) is 18.1. The number of halogens is 3. The van der Waals surface area contributed by atoms with E-state index in [1.165, 1.54) is 6.07 Å². The van der Waals surface area contributed by atoms with E-state index in [-0.39, 0.29) is 31.3 Å². The molecule has 0 radical (unpaired) electrons. The van der Waals surface area contributed by atoms with Crippen molar-refractivity contribution in [1.82, 2.24) is 15.1 Å². The average Bonchev–Trinajstić information content (AvgIpc) is 3.48. The van der Waals surface area contributed by atoms with Crippen molar-refractivity contribution in [3.05, 3.63) is 65.4 Å². The van der Waals surface area contributed by atoms with Crippen molar-refractivity contribution >= 4 is 11.7 Å². The molecule has 178 valence electrons. The summed E-state index contributed by atoms with van der Waals surface area (Å²) in [6, 6.07) is 10.9. The van der Waals surface area contributed by atoms with E-state index in [1.807, 2.05) is 0 Å². The number of carbonyl (C=O) groups is 1. The van der Waals surface area contributed by atoms with E-state index in [4.69, 9.17) is 14.2 Å². The molecule has 34 heavy (non-hydrogen) atoms. The molecule has 0 bridgehead atoms. The van der Waals surface area contributed by atoms with Gasteiger partial charge < -0.3 is 24.8 Å². The van der Waals surface area contributed by atoms with Crippen LogP contribution in [-0.4, -0.2) is 35.8 Å². The third-order valence-electron chi connectivity index (χ3n) is 5.83. The predicted octanol–water partition coefficient (Wildman–Crippen LogP) is 4.21. The molecule has 11 heteroatoms. The molecule has 2 aliphatic heterocycles.